The van der Waals surface area contributed by atoms with Gasteiger partial charge in [0, 0.05) is 22.9 Å². The van der Waals surface area contributed by atoms with Gasteiger partial charge in [0.05, 0.1) is 27.0 Å². The zero-order valence-corrected chi connectivity index (χ0v) is 16.4. The summed E-state index contributed by atoms with van der Waals surface area (Å²) in [4.78, 5) is 12.4. The standard InChI is InChI=1S/C21H20ClN3O3/c1-27-18-8-7-13(9-19(18)28-2)15-10-20(26)24-21-16(15)11-23-25(21)12-14-5-3-4-6-17(14)22/h3-9,11,15H,10,12H2,1-2H3,(H,24,26)/t15-/m0/s1. The lowest BCUT2D eigenvalue weighted by molar-refractivity contribution is -0.116. The maximum absolute atomic E-state index is 12.4. The Morgan fingerprint density at radius 3 is 2.71 bits per heavy atom. The van der Waals surface area contributed by atoms with Gasteiger partial charge in [0.1, 0.15) is 5.82 Å². The van der Waals surface area contributed by atoms with Gasteiger partial charge in [-0.15, -0.1) is 0 Å². The summed E-state index contributed by atoms with van der Waals surface area (Å²) >= 11 is 6.29. The average Bonchev–Trinajstić information content (AvgIpc) is 3.11. The quantitative estimate of drug-likeness (QED) is 0.704. The maximum Gasteiger partial charge on any atom is 0.226 e. The maximum atomic E-state index is 12.4. The molecule has 0 spiro atoms. The van der Waals surface area contributed by atoms with Gasteiger partial charge in [0.15, 0.2) is 11.5 Å². The van der Waals surface area contributed by atoms with Crippen LogP contribution in [0.15, 0.2) is 48.7 Å². The first-order valence-corrected chi connectivity index (χ1v) is 9.29. The van der Waals surface area contributed by atoms with Crippen LogP contribution >= 0.6 is 11.6 Å². The Balaban J connectivity index is 1.72. The topological polar surface area (TPSA) is 65.4 Å². The number of carbonyl (C=O) groups excluding carboxylic acids is 1. The van der Waals surface area contributed by atoms with E-state index in [0.29, 0.717) is 35.3 Å². The molecule has 0 unspecified atom stereocenters. The Morgan fingerprint density at radius 1 is 1.18 bits per heavy atom. The second kappa shape index (κ2) is 7.56. The highest BCUT2D eigenvalue weighted by Crippen LogP contribution is 2.40. The highest BCUT2D eigenvalue weighted by atomic mass is 35.5. The summed E-state index contributed by atoms with van der Waals surface area (Å²) in [6.07, 6.45) is 2.16. The third-order valence-electron chi connectivity index (χ3n) is 4.98. The summed E-state index contributed by atoms with van der Waals surface area (Å²) in [5.41, 5.74) is 2.89. The first-order chi connectivity index (χ1) is 13.6. The van der Waals surface area contributed by atoms with Gasteiger partial charge in [0.25, 0.3) is 0 Å². The Morgan fingerprint density at radius 2 is 1.96 bits per heavy atom. The van der Waals surface area contributed by atoms with Crippen LogP contribution in [0.25, 0.3) is 0 Å². The molecule has 7 heteroatoms. The molecule has 0 aliphatic carbocycles. The van der Waals surface area contributed by atoms with Crippen molar-refractivity contribution >= 4 is 23.3 Å². The largest absolute Gasteiger partial charge is 0.493 e. The summed E-state index contributed by atoms with van der Waals surface area (Å²) < 4.78 is 12.5. The number of halogens is 1. The number of amides is 1. The number of nitrogens with zero attached hydrogens (tertiary/aromatic N) is 2. The lowest BCUT2D eigenvalue weighted by Crippen LogP contribution is -2.25. The molecular formula is C21H20ClN3O3. The predicted molar refractivity (Wildman–Crippen MR) is 107 cm³/mol. The van der Waals surface area contributed by atoms with Crippen LogP contribution in [0, 0.1) is 0 Å². The number of ether oxygens (including phenoxy) is 2. The molecule has 1 aromatic heterocycles. The van der Waals surface area contributed by atoms with Gasteiger partial charge in [0.2, 0.25) is 5.91 Å². The molecule has 0 saturated heterocycles. The van der Waals surface area contributed by atoms with Gasteiger partial charge in [-0.3, -0.25) is 4.79 Å². The first kappa shape index (κ1) is 18.4. The molecule has 1 amide bonds. The molecule has 2 heterocycles. The molecule has 0 radical (unpaired) electrons. The van der Waals surface area contributed by atoms with Crippen molar-refractivity contribution in [1.82, 2.24) is 9.78 Å². The Kier molecular flexibility index (Phi) is 4.96. The number of nitrogens with one attached hydrogen (secondary N) is 1. The number of rotatable bonds is 5. The van der Waals surface area contributed by atoms with Crippen LogP contribution in [0.1, 0.15) is 29.0 Å². The summed E-state index contributed by atoms with van der Waals surface area (Å²) in [6.45, 7) is 0.480. The van der Waals surface area contributed by atoms with Crippen molar-refractivity contribution in [2.75, 3.05) is 19.5 Å². The minimum absolute atomic E-state index is 0.0480. The number of anilines is 1. The molecule has 0 saturated carbocycles. The summed E-state index contributed by atoms with van der Waals surface area (Å²) in [5, 5.41) is 8.14. The molecule has 28 heavy (non-hydrogen) atoms. The zero-order chi connectivity index (χ0) is 19.7. The van der Waals surface area contributed by atoms with Crippen molar-refractivity contribution in [2.24, 2.45) is 0 Å². The lowest BCUT2D eigenvalue weighted by atomic mass is 9.87. The summed E-state index contributed by atoms with van der Waals surface area (Å²) in [5.74, 6) is 1.84. The Hall–Kier alpha value is -2.99. The summed E-state index contributed by atoms with van der Waals surface area (Å²) in [6, 6.07) is 13.3. The van der Waals surface area contributed by atoms with Crippen LogP contribution in [-0.4, -0.2) is 29.9 Å². The minimum atomic E-state index is -0.108. The third kappa shape index (κ3) is 3.31. The molecular weight excluding hydrogens is 378 g/mol. The number of methoxy groups -OCH3 is 2. The van der Waals surface area contributed by atoms with Crippen LogP contribution in [0.2, 0.25) is 5.02 Å². The van der Waals surface area contributed by atoms with Crippen molar-refractivity contribution in [1.29, 1.82) is 0 Å². The van der Waals surface area contributed by atoms with Gasteiger partial charge < -0.3 is 14.8 Å². The van der Waals surface area contributed by atoms with E-state index in [1.54, 1.807) is 18.9 Å². The van der Waals surface area contributed by atoms with E-state index in [4.69, 9.17) is 21.1 Å². The minimum Gasteiger partial charge on any atom is -0.493 e. The molecule has 0 fully saturated rings. The number of hydrogen-bond donors (Lipinski definition) is 1. The van der Waals surface area contributed by atoms with Gasteiger partial charge in [-0.25, -0.2) is 4.68 Å². The van der Waals surface area contributed by atoms with E-state index in [2.05, 4.69) is 10.4 Å². The molecule has 3 aromatic rings. The van der Waals surface area contributed by atoms with E-state index in [0.717, 1.165) is 16.7 Å². The van der Waals surface area contributed by atoms with E-state index < -0.39 is 0 Å². The second-order valence-corrected chi connectivity index (χ2v) is 7.02. The smallest absolute Gasteiger partial charge is 0.226 e. The molecule has 6 nitrogen and oxygen atoms in total. The van der Waals surface area contributed by atoms with Crippen LogP contribution in [0.4, 0.5) is 5.82 Å². The van der Waals surface area contributed by atoms with Crippen LogP contribution in [0.3, 0.4) is 0 Å². The van der Waals surface area contributed by atoms with Crippen molar-refractivity contribution in [3.05, 3.63) is 70.4 Å². The van der Waals surface area contributed by atoms with Crippen molar-refractivity contribution in [3.63, 3.8) is 0 Å². The van der Waals surface area contributed by atoms with E-state index >= 15 is 0 Å². The number of carbonyl (C=O) groups is 1. The second-order valence-electron chi connectivity index (χ2n) is 6.62. The monoisotopic (exact) mass is 397 g/mol. The van der Waals surface area contributed by atoms with Crippen molar-refractivity contribution < 1.29 is 14.3 Å². The van der Waals surface area contributed by atoms with Crippen LogP contribution in [0.5, 0.6) is 11.5 Å². The fourth-order valence-corrected chi connectivity index (χ4v) is 3.74. The number of aromatic nitrogens is 2. The zero-order valence-electron chi connectivity index (χ0n) is 15.6. The van der Waals surface area contributed by atoms with E-state index in [1.165, 1.54) is 0 Å². The number of benzene rings is 2. The van der Waals surface area contributed by atoms with Crippen molar-refractivity contribution in [2.45, 2.75) is 18.9 Å². The highest BCUT2D eigenvalue weighted by Gasteiger charge is 2.30. The fourth-order valence-electron chi connectivity index (χ4n) is 3.54. The van der Waals surface area contributed by atoms with Gasteiger partial charge in [-0.1, -0.05) is 35.9 Å². The SMILES string of the molecule is COc1ccc([C@@H]2CC(=O)Nc3c2cnn3Cc2ccccc2Cl)cc1OC. The highest BCUT2D eigenvalue weighted by molar-refractivity contribution is 6.31. The Bertz CT molecular complexity index is 1030. The van der Waals surface area contributed by atoms with Gasteiger partial charge in [-0.2, -0.15) is 5.10 Å². The summed E-state index contributed by atoms with van der Waals surface area (Å²) in [7, 11) is 3.20. The van der Waals surface area contributed by atoms with Crippen molar-refractivity contribution in [3.8, 4) is 11.5 Å². The first-order valence-electron chi connectivity index (χ1n) is 8.91. The van der Waals surface area contributed by atoms with Crippen LogP contribution < -0.4 is 14.8 Å². The average molecular weight is 398 g/mol. The molecule has 4 rings (SSSR count). The normalized spacial score (nSPS) is 15.7. The molecule has 2 aromatic carbocycles. The third-order valence-corrected chi connectivity index (χ3v) is 5.35. The van der Waals surface area contributed by atoms with Gasteiger partial charge >= 0.3 is 0 Å². The molecule has 144 valence electrons. The van der Waals surface area contributed by atoms with E-state index in [1.807, 2.05) is 48.7 Å². The fraction of sp³-hybridized carbons (Fsp3) is 0.238. The number of hydrogen-bond acceptors (Lipinski definition) is 4. The lowest BCUT2D eigenvalue weighted by Gasteiger charge is -2.24. The predicted octanol–water partition coefficient (Wildman–Crippen LogP) is 4.08. The van der Waals surface area contributed by atoms with Gasteiger partial charge in [-0.05, 0) is 29.3 Å². The molecule has 1 aliphatic heterocycles. The van der Waals surface area contributed by atoms with E-state index in [9.17, 15) is 4.79 Å². The Labute approximate surface area is 168 Å². The molecule has 1 aliphatic rings. The van der Waals surface area contributed by atoms with Crippen LogP contribution in [-0.2, 0) is 11.3 Å². The molecule has 0 bridgehead atoms. The van der Waals surface area contributed by atoms with E-state index in [-0.39, 0.29) is 11.8 Å². The molecule has 1 atom stereocenters. The number of fused-ring (bicyclic) bond motifs is 1. The molecule has 1 N–H and O–H groups in total.